The van der Waals surface area contributed by atoms with Crippen molar-refractivity contribution < 1.29 is 5.11 Å². The molecule has 0 amide bonds. The zero-order valence-electron chi connectivity index (χ0n) is 10.4. The third-order valence-electron chi connectivity index (χ3n) is 3.52. The van der Waals surface area contributed by atoms with Gasteiger partial charge in [-0.2, -0.15) is 0 Å². The average Bonchev–Trinajstić information content (AvgIpc) is 2.54. The molecule has 1 aliphatic carbocycles. The van der Waals surface area contributed by atoms with E-state index >= 15 is 0 Å². The van der Waals surface area contributed by atoms with Gasteiger partial charge < -0.3 is 15.7 Å². The molecule has 1 aliphatic heterocycles. The van der Waals surface area contributed by atoms with Crippen molar-refractivity contribution in [3.8, 4) is 0 Å². The molecular weight excluding hydrogens is 329 g/mol. The molecule has 0 aromatic rings. The molecule has 0 saturated heterocycles. The van der Waals surface area contributed by atoms with Crippen molar-refractivity contribution in [3.05, 3.63) is 0 Å². The first-order valence-electron chi connectivity index (χ1n) is 6.53. The molecule has 5 heteroatoms. The van der Waals surface area contributed by atoms with Gasteiger partial charge in [0.15, 0.2) is 5.96 Å². The molecule has 0 aromatic heterocycles. The highest BCUT2D eigenvalue weighted by Gasteiger charge is 2.28. The van der Waals surface area contributed by atoms with Crippen LogP contribution in [0, 0.1) is 0 Å². The Morgan fingerprint density at radius 1 is 1.18 bits per heavy atom. The molecule has 2 aliphatic rings. The van der Waals surface area contributed by atoms with Crippen molar-refractivity contribution >= 4 is 29.9 Å². The highest BCUT2D eigenvalue weighted by Crippen LogP contribution is 2.26. The molecule has 0 aromatic carbocycles. The van der Waals surface area contributed by atoms with Crippen LogP contribution in [0.25, 0.3) is 0 Å². The lowest BCUT2D eigenvalue weighted by atomic mass is 9.94. The first-order chi connectivity index (χ1) is 7.79. The fourth-order valence-electron chi connectivity index (χ4n) is 2.46. The van der Waals surface area contributed by atoms with E-state index in [1.165, 1.54) is 12.8 Å². The number of hydrogen-bond acceptors (Lipinski definition) is 4. The van der Waals surface area contributed by atoms with E-state index in [-0.39, 0.29) is 24.0 Å². The first kappa shape index (κ1) is 15.0. The summed E-state index contributed by atoms with van der Waals surface area (Å²) in [6.45, 7) is 2.52. The van der Waals surface area contributed by atoms with Crippen molar-refractivity contribution in [2.24, 2.45) is 4.99 Å². The highest BCUT2D eigenvalue weighted by molar-refractivity contribution is 14.0. The number of aliphatic imine (C=N–C) groups is 1. The van der Waals surface area contributed by atoms with Crippen LogP contribution in [0.3, 0.4) is 0 Å². The molecule has 0 unspecified atom stereocenters. The Morgan fingerprint density at radius 2 is 1.88 bits per heavy atom. The largest absolute Gasteiger partial charge is 0.388 e. The van der Waals surface area contributed by atoms with E-state index in [1.807, 2.05) is 0 Å². The Bertz CT molecular complexity index is 250. The summed E-state index contributed by atoms with van der Waals surface area (Å²) in [4.78, 5) is 4.35. The summed E-state index contributed by atoms with van der Waals surface area (Å²) >= 11 is 0. The minimum absolute atomic E-state index is 0. The lowest BCUT2D eigenvalue weighted by Crippen LogP contribution is -2.48. The Kier molecular flexibility index (Phi) is 6.54. The quantitative estimate of drug-likeness (QED) is 0.523. The van der Waals surface area contributed by atoms with Gasteiger partial charge in [0.25, 0.3) is 0 Å². The van der Waals surface area contributed by atoms with Crippen LogP contribution in [0.2, 0.25) is 0 Å². The van der Waals surface area contributed by atoms with Gasteiger partial charge in [0.2, 0.25) is 0 Å². The molecule has 17 heavy (non-hydrogen) atoms. The summed E-state index contributed by atoms with van der Waals surface area (Å²) in [7, 11) is 0. The Balaban J connectivity index is 0.00000144. The lowest BCUT2D eigenvalue weighted by molar-refractivity contribution is 0.0293. The van der Waals surface area contributed by atoms with E-state index in [0.29, 0.717) is 6.54 Å². The van der Waals surface area contributed by atoms with E-state index in [1.54, 1.807) is 0 Å². The molecule has 0 bridgehead atoms. The third kappa shape index (κ3) is 4.99. The predicted octanol–water partition coefficient (Wildman–Crippen LogP) is 1.63. The van der Waals surface area contributed by atoms with Crippen LogP contribution in [0.15, 0.2) is 4.99 Å². The highest BCUT2D eigenvalue weighted by atomic mass is 127. The van der Waals surface area contributed by atoms with Crippen molar-refractivity contribution in [1.82, 2.24) is 10.6 Å². The van der Waals surface area contributed by atoms with Gasteiger partial charge in [-0.05, 0) is 19.3 Å². The van der Waals surface area contributed by atoms with Crippen molar-refractivity contribution in [1.29, 1.82) is 0 Å². The maximum absolute atomic E-state index is 10.4. The number of nitrogens with zero attached hydrogens (tertiary/aromatic N) is 1. The van der Waals surface area contributed by atoms with Crippen molar-refractivity contribution in [2.45, 2.75) is 50.5 Å². The van der Waals surface area contributed by atoms with Crippen LogP contribution in [0.4, 0.5) is 0 Å². The summed E-state index contributed by atoms with van der Waals surface area (Å²) in [6, 6.07) is 0. The monoisotopic (exact) mass is 353 g/mol. The van der Waals surface area contributed by atoms with Gasteiger partial charge in [0.1, 0.15) is 0 Å². The van der Waals surface area contributed by atoms with Crippen LogP contribution in [0.1, 0.15) is 44.9 Å². The van der Waals surface area contributed by atoms with Gasteiger partial charge in [0, 0.05) is 19.6 Å². The van der Waals surface area contributed by atoms with E-state index in [4.69, 9.17) is 0 Å². The third-order valence-corrected chi connectivity index (χ3v) is 3.52. The number of nitrogens with one attached hydrogen (secondary N) is 2. The fraction of sp³-hybridized carbons (Fsp3) is 0.917. The molecule has 4 nitrogen and oxygen atoms in total. The van der Waals surface area contributed by atoms with Crippen LogP contribution < -0.4 is 10.6 Å². The number of guanidine groups is 1. The fourth-order valence-corrected chi connectivity index (χ4v) is 2.46. The Morgan fingerprint density at radius 3 is 2.47 bits per heavy atom. The van der Waals surface area contributed by atoms with Crippen LogP contribution in [-0.4, -0.2) is 36.3 Å². The van der Waals surface area contributed by atoms with E-state index in [0.717, 1.165) is 51.2 Å². The smallest absolute Gasteiger partial charge is 0.191 e. The minimum atomic E-state index is -0.516. The molecular formula is C12H24IN3O. The van der Waals surface area contributed by atoms with Crippen molar-refractivity contribution in [3.63, 3.8) is 0 Å². The maximum Gasteiger partial charge on any atom is 0.191 e. The molecule has 1 fully saturated rings. The Labute approximate surface area is 121 Å². The number of aliphatic hydroxyl groups is 1. The van der Waals surface area contributed by atoms with E-state index in [9.17, 15) is 5.11 Å². The summed E-state index contributed by atoms with van der Waals surface area (Å²) < 4.78 is 0. The summed E-state index contributed by atoms with van der Waals surface area (Å²) in [6.07, 6.45) is 7.79. The molecule has 1 heterocycles. The second-order valence-corrected chi connectivity index (χ2v) is 5.00. The summed E-state index contributed by atoms with van der Waals surface area (Å²) in [5.74, 6) is 0.865. The molecule has 0 atom stereocenters. The van der Waals surface area contributed by atoms with Gasteiger partial charge in [-0.1, -0.05) is 25.7 Å². The van der Waals surface area contributed by atoms with Crippen LogP contribution >= 0.6 is 24.0 Å². The number of hydrogen-bond donors (Lipinski definition) is 3. The lowest BCUT2D eigenvalue weighted by Gasteiger charge is -2.28. The molecule has 0 radical (unpaired) electrons. The molecule has 2 rings (SSSR count). The maximum atomic E-state index is 10.4. The van der Waals surface area contributed by atoms with Gasteiger partial charge >= 0.3 is 0 Å². The normalized spacial score (nSPS) is 23.7. The Hall–Kier alpha value is -0.0400. The van der Waals surface area contributed by atoms with Crippen LogP contribution in [-0.2, 0) is 0 Å². The van der Waals surface area contributed by atoms with E-state index in [2.05, 4.69) is 15.6 Å². The molecule has 3 N–H and O–H groups in total. The molecule has 1 saturated carbocycles. The van der Waals surface area contributed by atoms with Gasteiger partial charge in [0.05, 0.1) is 5.60 Å². The van der Waals surface area contributed by atoms with Gasteiger partial charge in [-0.3, -0.25) is 4.99 Å². The standard InChI is InChI=1S/C12H23N3O.HI/c16-12(6-3-1-2-4-7-12)10-15-11-13-8-5-9-14-11;/h16H,1-10H2,(H2,13,14,15);1H. The number of rotatable bonds is 2. The molecule has 0 spiro atoms. The van der Waals surface area contributed by atoms with Crippen LogP contribution in [0.5, 0.6) is 0 Å². The average molecular weight is 353 g/mol. The SMILES string of the molecule is I.OC1(CNC2=NCCCN2)CCCCCC1. The number of halogens is 1. The second kappa shape index (κ2) is 7.41. The summed E-state index contributed by atoms with van der Waals surface area (Å²) in [5.41, 5.74) is -0.516. The van der Waals surface area contributed by atoms with Gasteiger partial charge in [-0.15, -0.1) is 24.0 Å². The zero-order chi connectivity index (χ0) is 11.3. The van der Waals surface area contributed by atoms with Gasteiger partial charge in [-0.25, -0.2) is 0 Å². The second-order valence-electron chi connectivity index (χ2n) is 5.00. The zero-order valence-corrected chi connectivity index (χ0v) is 12.7. The minimum Gasteiger partial charge on any atom is -0.388 e. The predicted molar refractivity (Wildman–Crippen MR) is 81.0 cm³/mol. The van der Waals surface area contributed by atoms with E-state index < -0.39 is 5.60 Å². The summed E-state index contributed by atoms with van der Waals surface area (Å²) in [5, 5.41) is 16.9. The van der Waals surface area contributed by atoms with Crippen molar-refractivity contribution in [2.75, 3.05) is 19.6 Å². The topological polar surface area (TPSA) is 56.6 Å². The molecule has 100 valence electrons. The first-order valence-corrected chi connectivity index (χ1v) is 6.53.